The van der Waals surface area contributed by atoms with Crippen molar-refractivity contribution in [3.05, 3.63) is 83.0 Å². The molecule has 1 unspecified atom stereocenters. The number of aromatic hydroxyl groups is 2. The molecule has 13 nitrogen and oxygen atoms in total. The Morgan fingerprint density at radius 3 is 2.76 bits per heavy atom. The molecular weight excluding hydrogens is 644 g/mol. The minimum absolute atomic E-state index is 0.0134. The number of fused-ring (bicyclic) bond motifs is 2. The molecule has 6 rings (SSSR count). The Morgan fingerprint density at radius 2 is 1.92 bits per heavy atom. The van der Waals surface area contributed by atoms with Crippen molar-refractivity contribution in [2.24, 2.45) is 0 Å². The van der Waals surface area contributed by atoms with Gasteiger partial charge in [-0.3, -0.25) is 14.6 Å². The smallest absolute Gasteiger partial charge is 0.342 e. The van der Waals surface area contributed by atoms with Crippen molar-refractivity contribution in [2.75, 3.05) is 13.3 Å². The van der Waals surface area contributed by atoms with Crippen LogP contribution in [-0.4, -0.2) is 62.4 Å². The number of carbonyl (C=O) groups is 3. The average Bonchev–Trinajstić information content (AvgIpc) is 3.77. The van der Waals surface area contributed by atoms with Crippen molar-refractivity contribution in [1.82, 2.24) is 20.4 Å². The molecule has 0 saturated heterocycles. The number of nitrogens with one attached hydrogen (secondary N) is 1. The molecule has 13 heteroatoms. The van der Waals surface area contributed by atoms with Crippen molar-refractivity contribution in [3.63, 3.8) is 0 Å². The number of hydrogen-bond donors (Lipinski definition) is 3. The summed E-state index contributed by atoms with van der Waals surface area (Å²) in [7, 11) is 0. The van der Waals surface area contributed by atoms with Crippen LogP contribution in [0.3, 0.4) is 0 Å². The normalized spacial score (nSPS) is 17.0. The second-order valence-corrected chi connectivity index (χ2v) is 12.3. The lowest BCUT2D eigenvalue weighted by molar-refractivity contribution is -0.121. The summed E-state index contributed by atoms with van der Waals surface area (Å²) in [6.07, 6.45) is 9.31. The fourth-order valence-corrected chi connectivity index (χ4v) is 6.07. The van der Waals surface area contributed by atoms with Crippen LogP contribution in [0.5, 0.6) is 23.0 Å². The molecule has 0 radical (unpaired) electrons. The van der Waals surface area contributed by atoms with Crippen LogP contribution in [0.2, 0.25) is 0 Å². The first-order valence-electron chi connectivity index (χ1n) is 16.6. The molecule has 0 aliphatic carbocycles. The highest BCUT2D eigenvalue weighted by atomic mass is 16.7. The number of allylic oxidation sites excluding steroid dienone is 1. The van der Waals surface area contributed by atoms with E-state index in [0.717, 1.165) is 0 Å². The molecule has 2 aliphatic rings. The van der Waals surface area contributed by atoms with Crippen LogP contribution < -0.4 is 14.8 Å². The van der Waals surface area contributed by atoms with Gasteiger partial charge in [0.2, 0.25) is 24.4 Å². The summed E-state index contributed by atoms with van der Waals surface area (Å²) in [6, 6.07) is 10.1. The van der Waals surface area contributed by atoms with Gasteiger partial charge in [-0.25, -0.2) is 4.79 Å². The maximum absolute atomic E-state index is 13.6. The summed E-state index contributed by atoms with van der Waals surface area (Å²) in [5.74, 6) is -1.06. The van der Waals surface area contributed by atoms with Crippen molar-refractivity contribution >= 4 is 23.7 Å². The van der Waals surface area contributed by atoms with Gasteiger partial charge in [-0.1, -0.05) is 23.4 Å². The Hall–Kier alpha value is -5.72. The minimum Gasteiger partial charge on any atom is -0.507 e. The molecule has 4 aromatic rings. The van der Waals surface area contributed by atoms with E-state index in [9.17, 15) is 24.6 Å². The number of rotatable bonds is 8. The number of phenols is 2. The number of carbonyl (C=O) groups excluding carboxylic acids is 3. The predicted molar refractivity (Wildman–Crippen MR) is 180 cm³/mol. The quantitative estimate of drug-likeness (QED) is 0.195. The first-order chi connectivity index (χ1) is 24.3. The van der Waals surface area contributed by atoms with Crippen LogP contribution in [0.25, 0.3) is 17.5 Å². The molecule has 0 spiro atoms. The Kier molecular flexibility index (Phi) is 10.7. The van der Waals surface area contributed by atoms with Crippen molar-refractivity contribution in [3.8, 4) is 34.4 Å². The molecule has 1 amide bonds. The van der Waals surface area contributed by atoms with E-state index in [1.807, 2.05) is 6.07 Å². The number of pyridine rings is 1. The van der Waals surface area contributed by atoms with Gasteiger partial charge in [0, 0.05) is 61.7 Å². The highest BCUT2D eigenvalue weighted by Crippen LogP contribution is 2.46. The van der Waals surface area contributed by atoms with Crippen LogP contribution in [0, 0.1) is 0 Å². The number of phenolic OH excluding ortho intramolecular Hbond substituents is 2. The minimum atomic E-state index is -0.913. The van der Waals surface area contributed by atoms with Gasteiger partial charge in [-0.2, -0.15) is 4.98 Å². The standard InChI is InChI=1S/C37H38N4O9/c1-22-7-5-11-26(42)10-4-2-3-8-24-17-28(43)34(35(45)33(24)37(46)49-22)27(23-12-13-29-30(18-23)48-21-47-29)19-31(44)39-16-14-32-40-36(41-50-32)25-9-6-15-38-20-25/h3,6,8-9,12-13,15,17-18,20,22,27,43,45H,2,4-5,7,10-11,14,16,19,21H2,1H3,(H,39,44)/t22-,27?/m0/s1. The molecule has 260 valence electrons. The van der Waals surface area contributed by atoms with E-state index in [0.29, 0.717) is 72.9 Å². The number of ether oxygens (including phenoxy) is 3. The summed E-state index contributed by atoms with van der Waals surface area (Å²) < 4.78 is 22.1. The summed E-state index contributed by atoms with van der Waals surface area (Å²) >= 11 is 0. The van der Waals surface area contributed by atoms with Gasteiger partial charge < -0.3 is 34.3 Å². The van der Waals surface area contributed by atoms with E-state index in [1.54, 1.807) is 55.7 Å². The predicted octanol–water partition coefficient (Wildman–Crippen LogP) is 5.63. The molecule has 2 aromatic heterocycles. The summed E-state index contributed by atoms with van der Waals surface area (Å²) in [4.78, 5) is 47.7. The second-order valence-electron chi connectivity index (χ2n) is 12.3. The third-order valence-electron chi connectivity index (χ3n) is 8.64. The topological polar surface area (TPSA) is 183 Å². The molecular formula is C37H38N4O9. The average molecular weight is 683 g/mol. The summed E-state index contributed by atoms with van der Waals surface area (Å²) in [5, 5.41) is 30.1. The number of amides is 1. The lowest BCUT2D eigenvalue weighted by Gasteiger charge is -2.23. The van der Waals surface area contributed by atoms with E-state index >= 15 is 0 Å². The van der Waals surface area contributed by atoms with Gasteiger partial charge >= 0.3 is 5.97 Å². The fourth-order valence-electron chi connectivity index (χ4n) is 6.07. The molecule has 2 atom stereocenters. The largest absolute Gasteiger partial charge is 0.507 e. The number of hydrogen-bond acceptors (Lipinski definition) is 12. The third kappa shape index (κ3) is 8.11. The van der Waals surface area contributed by atoms with E-state index < -0.39 is 29.6 Å². The maximum atomic E-state index is 13.6. The number of Topliss-reactive ketones (excluding diaryl/α,β-unsaturated/α-hetero) is 1. The van der Waals surface area contributed by atoms with Crippen molar-refractivity contribution in [1.29, 1.82) is 0 Å². The van der Waals surface area contributed by atoms with Crippen molar-refractivity contribution in [2.45, 2.75) is 70.3 Å². The van der Waals surface area contributed by atoms with Crippen LogP contribution in [0.15, 0.2) is 59.4 Å². The molecule has 0 bridgehead atoms. The van der Waals surface area contributed by atoms with Crippen LogP contribution in [0.4, 0.5) is 0 Å². The van der Waals surface area contributed by atoms with Gasteiger partial charge in [0.1, 0.15) is 22.8 Å². The number of nitrogens with zero attached hydrogens (tertiary/aromatic N) is 3. The summed E-state index contributed by atoms with van der Waals surface area (Å²) in [5.41, 5.74) is 1.35. The molecule has 0 fully saturated rings. The highest BCUT2D eigenvalue weighted by Gasteiger charge is 2.32. The lowest BCUT2D eigenvalue weighted by Crippen LogP contribution is -2.27. The van der Waals surface area contributed by atoms with Gasteiger partial charge in [0.25, 0.3) is 0 Å². The highest BCUT2D eigenvalue weighted by molar-refractivity contribution is 5.98. The van der Waals surface area contributed by atoms with Gasteiger partial charge in [0.05, 0.1) is 6.10 Å². The zero-order chi connectivity index (χ0) is 35.0. The Labute approximate surface area is 288 Å². The van der Waals surface area contributed by atoms with E-state index in [4.69, 9.17) is 18.7 Å². The maximum Gasteiger partial charge on any atom is 0.342 e. The SMILES string of the molecule is C[C@H]1CCCC(=O)CCCC=Cc2cc(O)c(C(CC(=O)NCCc3nc(-c4cccnc4)no3)c3ccc4c(c3)OCO4)c(O)c2C(=O)O1. The van der Waals surface area contributed by atoms with E-state index in [2.05, 4.69) is 20.4 Å². The third-order valence-corrected chi connectivity index (χ3v) is 8.64. The number of ketones is 1. The number of esters is 1. The van der Waals surface area contributed by atoms with E-state index in [1.165, 1.54) is 6.07 Å². The monoisotopic (exact) mass is 682 g/mol. The van der Waals surface area contributed by atoms with Crippen molar-refractivity contribution < 1.29 is 43.3 Å². The molecule has 2 aliphatic heterocycles. The second kappa shape index (κ2) is 15.7. The zero-order valence-electron chi connectivity index (χ0n) is 27.6. The number of benzene rings is 2. The Bertz CT molecular complexity index is 1890. The lowest BCUT2D eigenvalue weighted by atomic mass is 9.84. The van der Waals surface area contributed by atoms with Gasteiger partial charge in [-0.15, -0.1) is 0 Å². The number of aromatic nitrogens is 3. The van der Waals surface area contributed by atoms with Gasteiger partial charge in [-0.05, 0) is 74.1 Å². The molecule has 3 N–H and O–H groups in total. The van der Waals surface area contributed by atoms with Crippen LogP contribution in [-0.2, 0) is 20.7 Å². The zero-order valence-corrected chi connectivity index (χ0v) is 27.6. The Morgan fingerprint density at radius 1 is 1.08 bits per heavy atom. The fraction of sp³-hybridized carbons (Fsp3) is 0.351. The summed E-state index contributed by atoms with van der Waals surface area (Å²) in [6.45, 7) is 1.93. The first kappa shape index (κ1) is 34.2. The molecule has 4 heterocycles. The number of cyclic esters (lactones) is 1. The van der Waals surface area contributed by atoms with Gasteiger partial charge in [0.15, 0.2) is 11.5 Å². The Balaban J connectivity index is 1.28. The van der Waals surface area contributed by atoms with Crippen LogP contribution in [0.1, 0.15) is 90.7 Å². The molecule has 50 heavy (non-hydrogen) atoms. The first-order valence-corrected chi connectivity index (χ1v) is 16.6. The molecule has 2 aromatic carbocycles. The molecule has 0 saturated carbocycles. The van der Waals surface area contributed by atoms with E-state index in [-0.39, 0.29) is 54.4 Å². The van der Waals surface area contributed by atoms with Crippen LogP contribution >= 0.6 is 0 Å².